The fraction of sp³-hybridized carbons (Fsp3) is 0.500. The van der Waals surface area contributed by atoms with Gasteiger partial charge in [-0.25, -0.2) is 9.18 Å². The normalized spacial score (nSPS) is 24.2. The second-order valence-corrected chi connectivity index (χ2v) is 6.65. The fourth-order valence-corrected chi connectivity index (χ4v) is 3.63. The van der Waals surface area contributed by atoms with Crippen LogP contribution in [0.2, 0.25) is 0 Å². The Kier molecular flexibility index (Phi) is 4.74. The number of methoxy groups -OCH3 is 1. The second kappa shape index (κ2) is 6.82. The molecule has 1 heterocycles. The lowest BCUT2D eigenvalue weighted by molar-refractivity contribution is -0.144. The molecule has 134 valence electrons. The zero-order valence-electron chi connectivity index (χ0n) is 14.3. The van der Waals surface area contributed by atoms with E-state index < -0.39 is 23.7 Å². The summed E-state index contributed by atoms with van der Waals surface area (Å²) in [6.45, 7) is 1.86. The minimum atomic E-state index is -0.848. The monoisotopic (exact) mass is 348 g/mol. The average molecular weight is 348 g/mol. The molecule has 0 bridgehead atoms. The van der Waals surface area contributed by atoms with Gasteiger partial charge in [0.15, 0.2) is 11.6 Å². The summed E-state index contributed by atoms with van der Waals surface area (Å²) in [6, 6.07) is 3.35. The quantitative estimate of drug-likeness (QED) is 0.620. The summed E-state index contributed by atoms with van der Waals surface area (Å²) < 4.78 is 18.7. The van der Waals surface area contributed by atoms with Gasteiger partial charge in [0.25, 0.3) is 0 Å². The van der Waals surface area contributed by atoms with Crippen molar-refractivity contribution in [1.82, 2.24) is 9.80 Å². The number of amides is 4. The van der Waals surface area contributed by atoms with Gasteiger partial charge >= 0.3 is 17.8 Å². The molecular formula is C18H21FN2O4. The summed E-state index contributed by atoms with van der Waals surface area (Å²) in [6.07, 6.45) is 3.65. The minimum absolute atomic E-state index is 0.0801. The molecule has 0 radical (unpaired) electrons. The highest BCUT2D eigenvalue weighted by Crippen LogP contribution is 2.31. The lowest BCUT2D eigenvalue weighted by Gasteiger charge is -2.34. The maximum absolute atomic E-state index is 13.8. The third-order valence-electron chi connectivity index (χ3n) is 5.04. The van der Waals surface area contributed by atoms with Gasteiger partial charge in [0.05, 0.1) is 13.7 Å². The fourth-order valence-electron chi connectivity index (χ4n) is 3.63. The van der Waals surface area contributed by atoms with E-state index in [4.69, 9.17) is 4.74 Å². The molecule has 6 nitrogen and oxygen atoms in total. The molecule has 2 aliphatic rings. The van der Waals surface area contributed by atoms with Crippen LogP contribution in [0.25, 0.3) is 0 Å². The Balaban J connectivity index is 1.80. The lowest BCUT2D eigenvalue weighted by atomic mass is 9.85. The van der Waals surface area contributed by atoms with Crippen LogP contribution in [0.3, 0.4) is 0 Å². The van der Waals surface area contributed by atoms with E-state index in [2.05, 4.69) is 0 Å². The van der Waals surface area contributed by atoms with Gasteiger partial charge in [-0.05, 0) is 36.5 Å². The van der Waals surface area contributed by atoms with Crippen LogP contribution in [0.5, 0.6) is 5.75 Å². The van der Waals surface area contributed by atoms with Gasteiger partial charge in [-0.15, -0.1) is 0 Å². The smallest absolute Gasteiger partial charge is 0.334 e. The number of rotatable bonds is 4. The number of ether oxygens (including phenoxy) is 1. The number of benzene rings is 1. The van der Waals surface area contributed by atoms with Crippen LogP contribution in [-0.4, -0.2) is 40.8 Å². The van der Waals surface area contributed by atoms with Crippen molar-refractivity contribution >= 4 is 17.8 Å². The van der Waals surface area contributed by atoms with Crippen LogP contribution < -0.4 is 4.74 Å². The number of halogens is 1. The first-order chi connectivity index (χ1) is 11.9. The van der Waals surface area contributed by atoms with Gasteiger partial charge < -0.3 is 4.74 Å². The molecule has 0 aromatic heterocycles. The van der Waals surface area contributed by atoms with Crippen molar-refractivity contribution in [2.75, 3.05) is 7.11 Å². The van der Waals surface area contributed by atoms with Gasteiger partial charge in [0.2, 0.25) is 0 Å². The lowest BCUT2D eigenvalue weighted by Crippen LogP contribution is -2.46. The van der Waals surface area contributed by atoms with E-state index in [1.165, 1.54) is 19.2 Å². The molecule has 4 amide bonds. The Labute approximate surface area is 145 Å². The first kappa shape index (κ1) is 17.4. The van der Waals surface area contributed by atoms with Gasteiger partial charge in [-0.2, -0.15) is 0 Å². The van der Waals surface area contributed by atoms with Crippen LogP contribution in [0.4, 0.5) is 9.18 Å². The Bertz CT molecular complexity index is 721. The van der Waals surface area contributed by atoms with Gasteiger partial charge in [-0.3, -0.25) is 19.4 Å². The largest absolute Gasteiger partial charge is 0.494 e. The first-order valence-corrected chi connectivity index (χ1v) is 8.45. The molecule has 3 rings (SSSR count). The molecule has 1 aromatic carbocycles. The molecule has 1 saturated carbocycles. The van der Waals surface area contributed by atoms with Crippen molar-refractivity contribution < 1.29 is 23.5 Å². The summed E-state index contributed by atoms with van der Waals surface area (Å²) >= 11 is 0. The highest BCUT2D eigenvalue weighted by atomic mass is 19.1. The van der Waals surface area contributed by atoms with Gasteiger partial charge in [0, 0.05) is 6.04 Å². The predicted molar refractivity (Wildman–Crippen MR) is 87.2 cm³/mol. The Hall–Kier alpha value is -2.44. The summed E-state index contributed by atoms with van der Waals surface area (Å²) in [7, 11) is 1.35. The van der Waals surface area contributed by atoms with Crippen LogP contribution >= 0.6 is 0 Å². The van der Waals surface area contributed by atoms with E-state index in [1.54, 1.807) is 6.07 Å². The van der Waals surface area contributed by atoms with Crippen molar-refractivity contribution in [3.8, 4) is 5.75 Å². The second-order valence-electron chi connectivity index (χ2n) is 6.65. The van der Waals surface area contributed by atoms with E-state index in [0.29, 0.717) is 5.56 Å². The third-order valence-corrected chi connectivity index (χ3v) is 5.04. The third kappa shape index (κ3) is 3.10. The molecule has 2 fully saturated rings. The highest BCUT2D eigenvalue weighted by molar-refractivity contribution is 6.44. The maximum Gasteiger partial charge on any atom is 0.334 e. The molecular weight excluding hydrogens is 327 g/mol. The maximum atomic E-state index is 13.8. The molecule has 0 N–H and O–H groups in total. The summed E-state index contributed by atoms with van der Waals surface area (Å²) in [5.74, 6) is -1.95. The van der Waals surface area contributed by atoms with Crippen molar-refractivity contribution in [3.05, 3.63) is 29.6 Å². The molecule has 1 aromatic rings. The molecule has 1 aliphatic carbocycles. The summed E-state index contributed by atoms with van der Waals surface area (Å²) in [5.41, 5.74) is 0.423. The van der Waals surface area contributed by atoms with Crippen molar-refractivity contribution in [1.29, 1.82) is 0 Å². The number of carbonyl (C=O) groups is 3. The van der Waals surface area contributed by atoms with Crippen molar-refractivity contribution in [3.63, 3.8) is 0 Å². The zero-order chi connectivity index (χ0) is 18.1. The Morgan fingerprint density at radius 1 is 1.16 bits per heavy atom. The minimum Gasteiger partial charge on any atom is -0.494 e. The number of carbonyl (C=O) groups excluding carboxylic acids is 3. The predicted octanol–water partition coefficient (Wildman–Crippen LogP) is 2.70. The van der Waals surface area contributed by atoms with Gasteiger partial charge in [-0.1, -0.05) is 25.8 Å². The first-order valence-electron chi connectivity index (χ1n) is 8.45. The zero-order valence-corrected chi connectivity index (χ0v) is 14.3. The summed E-state index contributed by atoms with van der Waals surface area (Å²) in [4.78, 5) is 39.3. The number of hydrogen-bond donors (Lipinski definition) is 0. The average Bonchev–Trinajstić information content (AvgIpc) is 2.79. The van der Waals surface area contributed by atoms with E-state index in [-0.39, 0.29) is 24.3 Å². The van der Waals surface area contributed by atoms with E-state index in [0.717, 1.165) is 35.5 Å². The van der Waals surface area contributed by atoms with E-state index in [9.17, 15) is 18.8 Å². The number of imide groups is 2. The molecule has 1 aliphatic heterocycles. The highest BCUT2D eigenvalue weighted by Gasteiger charge is 2.48. The van der Waals surface area contributed by atoms with Crippen LogP contribution in [-0.2, 0) is 16.1 Å². The molecule has 0 spiro atoms. The Morgan fingerprint density at radius 3 is 2.52 bits per heavy atom. The standard InChI is InChI=1S/C18H21FN2O4/c1-11-5-3-4-6-14(11)21-17(23)16(22)20(18(21)24)10-12-7-8-15(25-2)13(19)9-12/h7-9,11,14H,3-6,10H2,1-2H3/t11-,14-/m1/s1. The van der Waals surface area contributed by atoms with Gasteiger partial charge in [0.1, 0.15) is 0 Å². The van der Waals surface area contributed by atoms with Crippen LogP contribution in [0.15, 0.2) is 18.2 Å². The van der Waals surface area contributed by atoms with Crippen LogP contribution in [0, 0.1) is 11.7 Å². The van der Waals surface area contributed by atoms with Crippen molar-refractivity contribution in [2.45, 2.75) is 45.2 Å². The number of nitrogens with zero attached hydrogens (tertiary/aromatic N) is 2. The number of urea groups is 1. The SMILES string of the molecule is COc1ccc(CN2C(=O)C(=O)N([C@@H]3CCCC[C@H]3C)C2=O)cc1F. The molecule has 25 heavy (non-hydrogen) atoms. The molecule has 2 atom stereocenters. The van der Waals surface area contributed by atoms with Crippen molar-refractivity contribution in [2.24, 2.45) is 5.92 Å². The number of hydrogen-bond acceptors (Lipinski definition) is 4. The molecule has 1 saturated heterocycles. The Morgan fingerprint density at radius 2 is 1.88 bits per heavy atom. The van der Waals surface area contributed by atoms with E-state index >= 15 is 0 Å². The molecule has 0 unspecified atom stereocenters. The topological polar surface area (TPSA) is 66.9 Å². The van der Waals surface area contributed by atoms with E-state index in [1.807, 2.05) is 6.92 Å². The molecule has 7 heteroatoms. The van der Waals surface area contributed by atoms with Crippen LogP contribution in [0.1, 0.15) is 38.2 Å². The summed E-state index contributed by atoms with van der Waals surface area (Å²) in [5, 5.41) is 0.